The maximum atomic E-state index is 5.74. The Balaban J connectivity index is 1.65. The van der Waals surface area contributed by atoms with E-state index in [-0.39, 0.29) is 0 Å². The zero-order valence-corrected chi connectivity index (χ0v) is 9.11. The molecule has 1 fully saturated rings. The van der Waals surface area contributed by atoms with E-state index in [1.807, 2.05) is 24.3 Å². The van der Waals surface area contributed by atoms with Crippen molar-refractivity contribution < 1.29 is 0 Å². The second-order valence-electron chi connectivity index (χ2n) is 4.51. The lowest BCUT2D eigenvalue weighted by Crippen LogP contribution is -2.48. The third-order valence-corrected chi connectivity index (χ3v) is 3.17. The first-order valence-electron chi connectivity index (χ1n) is 5.74. The Hall–Kier alpha value is -1.39. The van der Waals surface area contributed by atoms with Crippen LogP contribution in [0, 0.1) is 0 Å². The van der Waals surface area contributed by atoms with Gasteiger partial charge in [-0.25, -0.2) is 4.98 Å². The Morgan fingerprint density at radius 3 is 2.94 bits per heavy atom. The van der Waals surface area contributed by atoms with Gasteiger partial charge in [-0.2, -0.15) is 0 Å². The molecule has 0 unspecified atom stereocenters. The van der Waals surface area contributed by atoms with Gasteiger partial charge in [0.25, 0.3) is 0 Å². The van der Waals surface area contributed by atoms with Crippen molar-refractivity contribution in [1.29, 1.82) is 0 Å². The van der Waals surface area contributed by atoms with Crippen LogP contribution in [0.1, 0.15) is 18.7 Å². The number of aromatic amines is 1. The van der Waals surface area contributed by atoms with Gasteiger partial charge in [-0.05, 0) is 25.0 Å². The van der Waals surface area contributed by atoms with Crippen LogP contribution >= 0.6 is 0 Å². The maximum Gasteiger partial charge on any atom is 0.121 e. The molecule has 2 aromatic rings. The van der Waals surface area contributed by atoms with E-state index in [4.69, 9.17) is 5.73 Å². The van der Waals surface area contributed by atoms with Crippen LogP contribution in [0.4, 0.5) is 0 Å². The van der Waals surface area contributed by atoms with E-state index in [0.717, 1.165) is 36.2 Å². The molecular formula is C12H16N4. The largest absolute Gasteiger partial charge is 0.341 e. The normalized spacial score (nSPS) is 24.6. The van der Waals surface area contributed by atoms with Crippen molar-refractivity contribution in [3.8, 4) is 0 Å². The zero-order chi connectivity index (χ0) is 11.0. The fraction of sp³-hybridized carbons (Fsp3) is 0.417. The summed E-state index contributed by atoms with van der Waals surface area (Å²) >= 11 is 0. The maximum absolute atomic E-state index is 5.74. The number of aromatic nitrogens is 2. The lowest BCUT2D eigenvalue weighted by Gasteiger charge is -2.32. The predicted octanol–water partition coefficient (Wildman–Crippen LogP) is 1.14. The third-order valence-electron chi connectivity index (χ3n) is 3.17. The monoisotopic (exact) mass is 216 g/mol. The van der Waals surface area contributed by atoms with Gasteiger partial charge in [0.15, 0.2) is 0 Å². The molecule has 0 atom stereocenters. The highest BCUT2D eigenvalue weighted by atomic mass is 15.0. The highest BCUT2D eigenvalue weighted by Crippen LogP contribution is 2.18. The fourth-order valence-electron chi connectivity index (χ4n) is 2.16. The van der Waals surface area contributed by atoms with Gasteiger partial charge in [-0.3, -0.25) is 0 Å². The molecule has 1 aromatic carbocycles. The number of hydrogen-bond donors (Lipinski definition) is 3. The summed E-state index contributed by atoms with van der Waals surface area (Å²) < 4.78 is 0. The first kappa shape index (κ1) is 9.81. The van der Waals surface area contributed by atoms with Crippen molar-refractivity contribution >= 4 is 11.0 Å². The Kier molecular flexibility index (Phi) is 2.38. The third kappa shape index (κ3) is 1.81. The number of nitrogens with zero attached hydrogens (tertiary/aromatic N) is 1. The smallest absolute Gasteiger partial charge is 0.121 e. The van der Waals surface area contributed by atoms with E-state index in [2.05, 4.69) is 15.3 Å². The highest BCUT2D eigenvalue weighted by Gasteiger charge is 2.25. The van der Waals surface area contributed by atoms with Gasteiger partial charge in [0.05, 0.1) is 17.6 Å². The molecule has 84 valence electrons. The van der Waals surface area contributed by atoms with Crippen molar-refractivity contribution in [3.63, 3.8) is 0 Å². The van der Waals surface area contributed by atoms with Gasteiger partial charge in [0.2, 0.25) is 0 Å². The molecule has 0 bridgehead atoms. The molecule has 1 aliphatic carbocycles. The highest BCUT2D eigenvalue weighted by molar-refractivity contribution is 5.74. The summed E-state index contributed by atoms with van der Waals surface area (Å²) in [5.41, 5.74) is 7.87. The van der Waals surface area contributed by atoms with Crippen LogP contribution in [0.5, 0.6) is 0 Å². The second kappa shape index (κ2) is 3.88. The predicted molar refractivity (Wildman–Crippen MR) is 63.9 cm³/mol. The van der Waals surface area contributed by atoms with E-state index in [9.17, 15) is 0 Å². The van der Waals surface area contributed by atoms with Crippen LogP contribution in [-0.2, 0) is 6.54 Å². The van der Waals surface area contributed by atoms with Crippen molar-refractivity contribution in [2.75, 3.05) is 0 Å². The number of imidazole rings is 1. The molecule has 0 radical (unpaired) electrons. The fourth-order valence-corrected chi connectivity index (χ4v) is 2.16. The van der Waals surface area contributed by atoms with Gasteiger partial charge in [0.1, 0.15) is 5.82 Å². The van der Waals surface area contributed by atoms with Crippen LogP contribution in [0.25, 0.3) is 11.0 Å². The Labute approximate surface area is 94.3 Å². The molecule has 4 N–H and O–H groups in total. The molecule has 1 aliphatic rings. The van der Waals surface area contributed by atoms with Crippen LogP contribution < -0.4 is 11.1 Å². The van der Waals surface area contributed by atoms with Gasteiger partial charge in [-0.1, -0.05) is 12.1 Å². The number of benzene rings is 1. The minimum absolute atomic E-state index is 0.396. The molecular weight excluding hydrogens is 200 g/mol. The second-order valence-corrected chi connectivity index (χ2v) is 4.51. The number of fused-ring (bicyclic) bond motifs is 1. The lowest BCUT2D eigenvalue weighted by molar-refractivity contribution is 0.289. The summed E-state index contributed by atoms with van der Waals surface area (Å²) in [6.45, 7) is 0.798. The number of H-pyrrole nitrogens is 1. The minimum Gasteiger partial charge on any atom is -0.341 e. The molecule has 1 saturated carbocycles. The quantitative estimate of drug-likeness (QED) is 0.721. The number of hydrogen-bond acceptors (Lipinski definition) is 3. The van der Waals surface area contributed by atoms with Crippen LogP contribution in [0.2, 0.25) is 0 Å². The van der Waals surface area contributed by atoms with E-state index in [1.165, 1.54) is 0 Å². The van der Waals surface area contributed by atoms with Crippen molar-refractivity contribution in [1.82, 2.24) is 15.3 Å². The number of para-hydroxylation sites is 2. The molecule has 4 nitrogen and oxygen atoms in total. The zero-order valence-electron chi connectivity index (χ0n) is 9.11. The first-order chi connectivity index (χ1) is 7.81. The Morgan fingerprint density at radius 1 is 1.38 bits per heavy atom. The summed E-state index contributed by atoms with van der Waals surface area (Å²) in [6.07, 6.45) is 2.17. The number of rotatable bonds is 3. The van der Waals surface area contributed by atoms with Crippen LogP contribution in [0.3, 0.4) is 0 Å². The minimum atomic E-state index is 0.396. The van der Waals surface area contributed by atoms with E-state index in [0.29, 0.717) is 12.1 Å². The lowest BCUT2D eigenvalue weighted by atomic mass is 9.88. The topological polar surface area (TPSA) is 66.7 Å². The van der Waals surface area contributed by atoms with Crippen LogP contribution in [-0.4, -0.2) is 22.1 Å². The number of nitrogens with one attached hydrogen (secondary N) is 2. The average Bonchev–Trinajstić information content (AvgIpc) is 2.65. The molecule has 0 amide bonds. The molecule has 0 spiro atoms. The Bertz CT molecular complexity index is 451. The average molecular weight is 216 g/mol. The molecule has 3 rings (SSSR count). The molecule has 0 aliphatic heterocycles. The van der Waals surface area contributed by atoms with Crippen molar-refractivity contribution in [2.24, 2.45) is 5.73 Å². The molecule has 16 heavy (non-hydrogen) atoms. The van der Waals surface area contributed by atoms with Gasteiger partial charge in [-0.15, -0.1) is 0 Å². The summed E-state index contributed by atoms with van der Waals surface area (Å²) in [4.78, 5) is 7.82. The van der Waals surface area contributed by atoms with Gasteiger partial charge in [0, 0.05) is 12.1 Å². The summed E-state index contributed by atoms with van der Waals surface area (Å²) in [5.74, 6) is 1.00. The first-order valence-corrected chi connectivity index (χ1v) is 5.74. The molecule has 1 aromatic heterocycles. The summed E-state index contributed by atoms with van der Waals surface area (Å²) in [6, 6.07) is 9.06. The van der Waals surface area contributed by atoms with E-state index >= 15 is 0 Å². The SMILES string of the molecule is NC1CC(NCc2nc3ccccc3[nH]2)C1. The standard InChI is InChI=1S/C12H16N4/c13-8-5-9(6-8)14-7-12-15-10-3-1-2-4-11(10)16-12/h1-4,8-9,14H,5-7,13H2,(H,15,16). The summed E-state index contributed by atoms with van der Waals surface area (Å²) in [5, 5.41) is 3.45. The van der Waals surface area contributed by atoms with Gasteiger partial charge < -0.3 is 16.0 Å². The number of nitrogens with two attached hydrogens (primary N) is 1. The van der Waals surface area contributed by atoms with E-state index in [1.54, 1.807) is 0 Å². The van der Waals surface area contributed by atoms with Gasteiger partial charge >= 0.3 is 0 Å². The molecule has 0 saturated heterocycles. The summed E-state index contributed by atoms with van der Waals surface area (Å²) in [7, 11) is 0. The molecule has 4 heteroatoms. The van der Waals surface area contributed by atoms with Crippen LogP contribution in [0.15, 0.2) is 24.3 Å². The van der Waals surface area contributed by atoms with Crippen molar-refractivity contribution in [3.05, 3.63) is 30.1 Å². The van der Waals surface area contributed by atoms with E-state index < -0.39 is 0 Å². The molecule has 1 heterocycles. The Morgan fingerprint density at radius 2 is 2.19 bits per heavy atom. The van der Waals surface area contributed by atoms with Crippen molar-refractivity contribution in [2.45, 2.75) is 31.5 Å².